The summed E-state index contributed by atoms with van der Waals surface area (Å²) in [6.07, 6.45) is 1.71. The fourth-order valence-electron chi connectivity index (χ4n) is 1.93. The van der Waals surface area contributed by atoms with Crippen molar-refractivity contribution in [2.45, 2.75) is 12.7 Å². The number of benzene rings is 1. The van der Waals surface area contributed by atoms with Crippen molar-refractivity contribution in [1.82, 2.24) is 14.6 Å². The minimum atomic E-state index is 0.569. The molecule has 2 heterocycles. The lowest BCUT2D eigenvalue weighted by Crippen LogP contribution is -2.00. The van der Waals surface area contributed by atoms with Crippen molar-refractivity contribution < 1.29 is 4.74 Å². The van der Waals surface area contributed by atoms with Crippen molar-refractivity contribution in [3.05, 3.63) is 53.3 Å². The van der Waals surface area contributed by atoms with E-state index in [4.69, 9.17) is 16.3 Å². The van der Waals surface area contributed by atoms with Gasteiger partial charge >= 0.3 is 0 Å². The molecule has 21 heavy (non-hydrogen) atoms. The number of halogens is 1. The highest BCUT2D eigenvalue weighted by atomic mass is 35.5. The van der Waals surface area contributed by atoms with E-state index in [2.05, 4.69) is 17.0 Å². The second kappa shape index (κ2) is 6.37. The van der Waals surface area contributed by atoms with Gasteiger partial charge in [0.05, 0.1) is 16.9 Å². The smallest absolute Gasteiger partial charge is 0.224 e. The van der Waals surface area contributed by atoms with E-state index in [0.717, 1.165) is 22.8 Å². The molecule has 4 nitrogen and oxygen atoms in total. The van der Waals surface area contributed by atoms with E-state index in [0.29, 0.717) is 16.7 Å². The van der Waals surface area contributed by atoms with Crippen molar-refractivity contribution in [2.24, 2.45) is 0 Å². The number of hydrogen-bond donors (Lipinski definition) is 0. The molecule has 3 aromatic rings. The topological polar surface area (TPSA) is 39.4 Å². The van der Waals surface area contributed by atoms with Gasteiger partial charge in [0.25, 0.3) is 0 Å². The molecule has 108 valence electrons. The number of hydrogen-bond acceptors (Lipinski definition) is 4. The van der Waals surface area contributed by atoms with Crippen molar-refractivity contribution in [1.29, 1.82) is 0 Å². The zero-order valence-corrected chi connectivity index (χ0v) is 13.1. The van der Waals surface area contributed by atoms with Crippen molar-refractivity contribution in [2.75, 3.05) is 5.75 Å². The van der Waals surface area contributed by atoms with Crippen LogP contribution >= 0.6 is 23.4 Å². The molecule has 3 rings (SSSR count). The molecule has 0 saturated carbocycles. The summed E-state index contributed by atoms with van der Waals surface area (Å²) in [5.74, 6) is 3.12. The molecule has 0 aliphatic heterocycles. The van der Waals surface area contributed by atoms with Gasteiger partial charge < -0.3 is 4.74 Å². The predicted molar refractivity (Wildman–Crippen MR) is 86.3 cm³/mol. The lowest BCUT2D eigenvalue weighted by atomic mass is 10.3. The Morgan fingerprint density at radius 3 is 2.95 bits per heavy atom. The van der Waals surface area contributed by atoms with Crippen LogP contribution in [-0.2, 0) is 5.75 Å². The van der Waals surface area contributed by atoms with E-state index < -0.39 is 0 Å². The maximum absolute atomic E-state index is 6.15. The third-order valence-electron chi connectivity index (χ3n) is 2.88. The summed E-state index contributed by atoms with van der Waals surface area (Å²) in [5.41, 5.74) is 1.74. The van der Waals surface area contributed by atoms with Gasteiger partial charge in [-0.3, -0.25) is 0 Å². The molecule has 0 fully saturated rings. The predicted octanol–water partition coefficient (Wildman–Crippen LogP) is 4.43. The fraction of sp³-hybridized carbons (Fsp3) is 0.200. The summed E-state index contributed by atoms with van der Waals surface area (Å²) in [5, 5.41) is 4.81. The first-order valence-corrected chi connectivity index (χ1v) is 8.15. The molecule has 0 saturated heterocycles. The van der Waals surface area contributed by atoms with Crippen LogP contribution in [-0.4, -0.2) is 20.4 Å². The van der Waals surface area contributed by atoms with Gasteiger partial charge in [0.2, 0.25) is 5.88 Å². The first kappa shape index (κ1) is 14.2. The van der Waals surface area contributed by atoms with Crippen LogP contribution in [0.25, 0.3) is 5.65 Å². The molecule has 0 unspecified atom stereocenters. The highest BCUT2D eigenvalue weighted by Crippen LogP contribution is 2.29. The second-order valence-corrected chi connectivity index (χ2v) is 6.04. The second-order valence-electron chi connectivity index (χ2n) is 4.36. The fourth-order valence-corrected chi connectivity index (χ4v) is 2.66. The van der Waals surface area contributed by atoms with E-state index in [1.54, 1.807) is 16.8 Å². The number of rotatable bonds is 5. The largest absolute Gasteiger partial charge is 0.437 e. The molecular formula is C15H14ClN3OS. The van der Waals surface area contributed by atoms with Crippen LogP contribution in [0.15, 0.2) is 42.6 Å². The summed E-state index contributed by atoms with van der Waals surface area (Å²) < 4.78 is 7.59. The summed E-state index contributed by atoms with van der Waals surface area (Å²) >= 11 is 7.96. The van der Waals surface area contributed by atoms with E-state index in [-0.39, 0.29) is 0 Å². The van der Waals surface area contributed by atoms with Crippen molar-refractivity contribution in [3.8, 4) is 11.6 Å². The molecule has 6 heteroatoms. The summed E-state index contributed by atoms with van der Waals surface area (Å²) in [6.45, 7) is 2.13. The first-order valence-electron chi connectivity index (χ1n) is 6.61. The Balaban J connectivity index is 2.00. The lowest BCUT2D eigenvalue weighted by Gasteiger charge is -2.10. The zero-order chi connectivity index (χ0) is 14.7. The molecule has 0 spiro atoms. The average molecular weight is 320 g/mol. The Kier molecular flexibility index (Phi) is 4.31. The molecule has 0 atom stereocenters. The molecule has 0 radical (unpaired) electrons. The van der Waals surface area contributed by atoms with E-state index in [1.165, 1.54) is 0 Å². The highest BCUT2D eigenvalue weighted by Gasteiger charge is 2.10. The van der Waals surface area contributed by atoms with Gasteiger partial charge in [0, 0.05) is 17.9 Å². The number of nitrogens with zero attached hydrogens (tertiary/aromatic N) is 3. The molecule has 0 amide bonds. The normalized spacial score (nSPS) is 11.0. The van der Waals surface area contributed by atoms with E-state index >= 15 is 0 Å². The minimum absolute atomic E-state index is 0.569. The van der Waals surface area contributed by atoms with Crippen LogP contribution in [0.3, 0.4) is 0 Å². The minimum Gasteiger partial charge on any atom is -0.437 e. The monoisotopic (exact) mass is 319 g/mol. The van der Waals surface area contributed by atoms with Gasteiger partial charge in [0.15, 0.2) is 5.65 Å². The van der Waals surface area contributed by atoms with Gasteiger partial charge in [-0.25, -0.2) is 4.98 Å². The third-order valence-corrected chi connectivity index (χ3v) is 4.11. The van der Waals surface area contributed by atoms with Crippen LogP contribution in [0.1, 0.15) is 12.6 Å². The number of thioether (sulfide) groups is 1. The average Bonchev–Trinajstić information content (AvgIpc) is 2.96. The molecule has 0 N–H and O–H groups in total. The van der Waals surface area contributed by atoms with Gasteiger partial charge in [-0.05, 0) is 17.9 Å². The number of aromatic nitrogens is 3. The summed E-state index contributed by atoms with van der Waals surface area (Å²) in [4.78, 5) is 4.56. The van der Waals surface area contributed by atoms with Crippen molar-refractivity contribution >= 4 is 29.0 Å². The summed E-state index contributed by atoms with van der Waals surface area (Å²) in [7, 11) is 0. The number of para-hydroxylation sites is 1. The Morgan fingerprint density at radius 1 is 1.29 bits per heavy atom. The van der Waals surface area contributed by atoms with E-state index in [1.807, 2.05) is 42.1 Å². The van der Waals surface area contributed by atoms with Crippen LogP contribution in [0.4, 0.5) is 0 Å². The molecule has 0 bridgehead atoms. The Labute approximate surface area is 132 Å². The molecule has 1 aromatic carbocycles. The van der Waals surface area contributed by atoms with Crippen molar-refractivity contribution in [3.63, 3.8) is 0 Å². The van der Waals surface area contributed by atoms with Crippen LogP contribution in [0.2, 0.25) is 5.02 Å². The standard InChI is InChI=1S/C15H14ClN3OS/c1-2-21-10-11-9-15(19-14(18-11)7-8-17-19)20-13-6-4-3-5-12(13)16/h3-9H,2,10H2,1H3. The van der Waals surface area contributed by atoms with Gasteiger partial charge in [-0.2, -0.15) is 21.4 Å². The van der Waals surface area contributed by atoms with Crippen LogP contribution < -0.4 is 4.74 Å². The molecule has 0 aliphatic rings. The number of fused-ring (bicyclic) bond motifs is 1. The lowest BCUT2D eigenvalue weighted by molar-refractivity contribution is 0.445. The third kappa shape index (κ3) is 3.14. The SMILES string of the molecule is CCSCc1cc(Oc2ccccc2Cl)n2nccc2n1. The highest BCUT2D eigenvalue weighted by molar-refractivity contribution is 7.98. The summed E-state index contributed by atoms with van der Waals surface area (Å²) in [6, 6.07) is 11.2. The molecule has 2 aromatic heterocycles. The van der Waals surface area contributed by atoms with Crippen LogP contribution in [0, 0.1) is 0 Å². The zero-order valence-electron chi connectivity index (χ0n) is 11.5. The Bertz CT molecular complexity index is 760. The Hall–Kier alpha value is -1.72. The van der Waals surface area contributed by atoms with Gasteiger partial charge in [-0.15, -0.1) is 0 Å². The Morgan fingerprint density at radius 2 is 2.14 bits per heavy atom. The van der Waals surface area contributed by atoms with Gasteiger partial charge in [-0.1, -0.05) is 30.7 Å². The maximum atomic E-state index is 6.15. The van der Waals surface area contributed by atoms with E-state index in [9.17, 15) is 0 Å². The maximum Gasteiger partial charge on any atom is 0.224 e. The molecule has 0 aliphatic carbocycles. The molecular weight excluding hydrogens is 306 g/mol. The van der Waals surface area contributed by atoms with Gasteiger partial charge in [0.1, 0.15) is 5.75 Å². The number of ether oxygens (including phenoxy) is 1. The quantitative estimate of drug-likeness (QED) is 0.697. The first-order chi connectivity index (χ1) is 10.3. The van der Waals surface area contributed by atoms with Crippen LogP contribution in [0.5, 0.6) is 11.6 Å².